The number of nitrogens with zero attached hydrogens (tertiary/aromatic N) is 3. The van der Waals surface area contributed by atoms with E-state index in [1.165, 1.54) is 6.33 Å². The summed E-state index contributed by atoms with van der Waals surface area (Å²) in [5.41, 5.74) is 2.56. The van der Waals surface area contributed by atoms with E-state index in [-0.39, 0.29) is 21.1 Å². The second kappa shape index (κ2) is 4.54. The first-order chi connectivity index (χ1) is 7.45. The van der Waals surface area contributed by atoms with Gasteiger partial charge in [0.25, 0.3) is 0 Å². The standard InChI is InChI=1S/C11H6N3O.W/c1-2-8-6-14-15-11(8)10(3-1)9-4-12-7-13-5-9;/h1-5,7H;/q-1;. The first-order valence-electron chi connectivity index (χ1n) is 4.46. The molecule has 0 atom stereocenters. The molecule has 0 bridgehead atoms. The zero-order chi connectivity index (χ0) is 10.1. The van der Waals surface area contributed by atoms with Crippen LogP contribution in [0.5, 0.6) is 0 Å². The van der Waals surface area contributed by atoms with Crippen molar-refractivity contribution in [2.45, 2.75) is 0 Å². The van der Waals surface area contributed by atoms with E-state index in [2.05, 4.69) is 21.3 Å². The van der Waals surface area contributed by atoms with Crippen LogP contribution in [0.4, 0.5) is 0 Å². The molecule has 3 aromatic rings. The summed E-state index contributed by atoms with van der Waals surface area (Å²) in [7, 11) is 0. The zero-order valence-corrected chi connectivity index (χ0v) is 11.1. The molecule has 0 aliphatic rings. The third-order valence-corrected chi connectivity index (χ3v) is 2.19. The van der Waals surface area contributed by atoms with Crippen LogP contribution in [0, 0.1) is 6.20 Å². The van der Waals surface area contributed by atoms with Gasteiger partial charge in [0.05, 0.1) is 5.58 Å². The minimum absolute atomic E-state index is 0. The molecule has 0 aliphatic carbocycles. The molecule has 5 heteroatoms. The van der Waals surface area contributed by atoms with Crippen molar-refractivity contribution in [2.75, 3.05) is 0 Å². The Morgan fingerprint density at radius 1 is 1.12 bits per heavy atom. The number of para-hydroxylation sites is 1. The summed E-state index contributed by atoms with van der Waals surface area (Å²) in [5.74, 6) is 0. The Bertz CT molecular complexity index is 594. The molecule has 2 heterocycles. The van der Waals surface area contributed by atoms with Gasteiger partial charge in [-0.3, -0.25) is 0 Å². The largest absolute Gasteiger partial charge is 0.430 e. The van der Waals surface area contributed by atoms with E-state index in [0.717, 1.165) is 16.5 Å². The Kier molecular flexibility index (Phi) is 3.11. The van der Waals surface area contributed by atoms with Gasteiger partial charge < -0.3 is 4.52 Å². The normalized spacial score (nSPS) is 10.0. The van der Waals surface area contributed by atoms with Crippen molar-refractivity contribution < 1.29 is 25.6 Å². The minimum atomic E-state index is 0. The van der Waals surface area contributed by atoms with E-state index in [1.807, 2.05) is 18.2 Å². The SMILES string of the molecule is [W].[c-]1noc2c(-c3cncnc3)cccc12. The van der Waals surface area contributed by atoms with Gasteiger partial charge in [-0.1, -0.05) is 6.07 Å². The summed E-state index contributed by atoms with van der Waals surface area (Å²) in [6, 6.07) is 5.78. The van der Waals surface area contributed by atoms with Gasteiger partial charge in [-0.15, -0.1) is 11.5 Å². The van der Waals surface area contributed by atoms with E-state index < -0.39 is 0 Å². The summed E-state index contributed by atoms with van der Waals surface area (Å²) in [5, 5.41) is 4.50. The van der Waals surface area contributed by atoms with Crippen molar-refractivity contribution in [3.8, 4) is 11.1 Å². The van der Waals surface area contributed by atoms with Crippen LogP contribution in [0.1, 0.15) is 0 Å². The fraction of sp³-hybridized carbons (Fsp3) is 0. The van der Waals surface area contributed by atoms with Crippen molar-refractivity contribution in [3.63, 3.8) is 0 Å². The molecule has 0 saturated heterocycles. The molecule has 0 N–H and O–H groups in total. The molecule has 1 aromatic carbocycles. The molecule has 0 fully saturated rings. The fourth-order valence-electron chi connectivity index (χ4n) is 1.51. The Morgan fingerprint density at radius 2 is 1.94 bits per heavy atom. The summed E-state index contributed by atoms with van der Waals surface area (Å²) in [6.07, 6.45) is 7.75. The maximum absolute atomic E-state index is 5.14. The summed E-state index contributed by atoms with van der Waals surface area (Å²) < 4.78 is 5.14. The van der Waals surface area contributed by atoms with Gasteiger partial charge in [-0.05, 0) is 11.8 Å². The van der Waals surface area contributed by atoms with Crippen molar-refractivity contribution >= 4 is 11.0 Å². The van der Waals surface area contributed by atoms with E-state index in [9.17, 15) is 0 Å². The van der Waals surface area contributed by atoms with Gasteiger partial charge in [-0.25, -0.2) is 9.97 Å². The molecule has 0 amide bonds. The number of aromatic nitrogens is 3. The predicted molar refractivity (Wildman–Crippen MR) is 53.9 cm³/mol. The van der Waals surface area contributed by atoms with Gasteiger partial charge in [0.15, 0.2) is 0 Å². The molecule has 0 unspecified atom stereocenters. The van der Waals surface area contributed by atoms with Crippen molar-refractivity contribution in [1.82, 2.24) is 15.1 Å². The molecule has 2 aromatic heterocycles. The van der Waals surface area contributed by atoms with Gasteiger partial charge >= 0.3 is 0 Å². The van der Waals surface area contributed by atoms with Gasteiger partial charge in [0, 0.05) is 39.0 Å². The number of fused-ring (bicyclic) bond motifs is 1. The maximum atomic E-state index is 5.14. The minimum Gasteiger partial charge on any atom is -0.430 e. The number of hydrogen-bond acceptors (Lipinski definition) is 4. The topological polar surface area (TPSA) is 51.8 Å². The average molecular weight is 380 g/mol. The van der Waals surface area contributed by atoms with Gasteiger partial charge in [-0.2, -0.15) is 11.2 Å². The molecule has 4 nitrogen and oxygen atoms in total. The smallest absolute Gasteiger partial charge is 0.115 e. The monoisotopic (exact) mass is 380 g/mol. The molecule has 0 saturated carbocycles. The molecule has 78 valence electrons. The zero-order valence-electron chi connectivity index (χ0n) is 8.12. The number of benzene rings is 1. The third kappa shape index (κ3) is 1.76. The van der Waals surface area contributed by atoms with Crippen LogP contribution >= 0.6 is 0 Å². The first-order valence-corrected chi connectivity index (χ1v) is 4.46. The first kappa shape index (κ1) is 11.0. The molecule has 0 spiro atoms. The van der Waals surface area contributed by atoms with Crippen LogP contribution in [0.2, 0.25) is 0 Å². The Morgan fingerprint density at radius 3 is 2.75 bits per heavy atom. The molecule has 0 aliphatic heterocycles. The molecular formula is C11H6N3OW-. The quantitative estimate of drug-likeness (QED) is 0.607. The van der Waals surface area contributed by atoms with Crippen LogP contribution in [-0.4, -0.2) is 15.1 Å². The van der Waals surface area contributed by atoms with Crippen molar-refractivity contribution in [2.24, 2.45) is 0 Å². The van der Waals surface area contributed by atoms with Crippen LogP contribution in [-0.2, 0) is 21.1 Å². The second-order valence-corrected chi connectivity index (χ2v) is 3.10. The number of rotatable bonds is 1. The van der Waals surface area contributed by atoms with Gasteiger partial charge in [0.2, 0.25) is 0 Å². The molecule has 16 heavy (non-hydrogen) atoms. The molecule has 3 rings (SSSR count). The van der Waals surface area contributed by atoms with Gasteiger partial charge in [0.1, 0.15) is 6.33 Å². The maximum Gasteiger partial charge on any atom is 0.115 e. The summed E-state index contributed by atoms with van der Waals surface area (Å²) >= 11 is 0. The Hall–Kier alpha value is -1.54. The second-order valence-electron chi connectivity index (χ2n) is 3.10. The summed E-state index contributed by atoms with van der Waals surface area (Å²) in [4.78, 5) is 7.94. The Labute approximate surface area is 106 Å². The summed E-state index contributed by atoms with van der Waals surface area (Å²) in [6.45, 7) is 0. The Balaban J connectivity index is 0.000000963. The van der Waals surface area contributed by atoms with E-state index in [0.29, 0.717) is 5.58 Å². The molecule has 0 radical (unpaired) electrons. The van der Waals surface area contributed by atoms with Crippen molar-refractivity contribution in [1.29, 1.82) is 0 Å². The van der Waals surface area contributed by atoms with Crippen LogP contribution in [0.25, 0.3) is 22.1 Å². The van der Waals surface area contributed by atoms with E-state index in [1.54, 1.807) is 12.4 Å². The molecular weight excluding hydrogens is 374 g/mol. The fourth-order valence-corrected chi connectivity index (χ4v) is 1.51. The van der Waals surface area contributed by atoms with Crippen LogP contribution < -0.4 is 0 Å². The van der Waals surface area contributed by atoms with Crippen LogP contribution in [0.3, 0.4) is 0 Å². The van der Waals surface area contributed by atoms with E-state index >= 15 is 0 Å². The van der Waals surface area contributed by atoms with Crippen molar-refractivity contribution in [3.05, 3.63) is 43.1 Å². The van der Waals surface area contributed by atoms with Crippen LogP contribution in [0.15, 0.2) is 41.4 Å². The predicted octanol–water partition coefficient (Wildman–Crippen LogP) is 2.08. The van der Waals surface area contributed by atoms with E-state index in [4.69, 9.17) is 4.52 Å². The number of hydrogen-bond donors (Lipinski definition) is 0. The third-order valence-electron chi connectivity index (χ3n) is 2.19. The average Bonchev–Trinajstić information content (AvgIpc) is 2.78.